The smallest absolute Gasteiger partial charge is 0.227 e. The van der Waals surface area contributed by atoms with Crippen LogP contribution in [0.2, 0.25) is 0 Å². The van der Waals surface area contributed by atoms with Crippen LogP contribution in [-0.2, 0) is 4.43 Å². The van der Waals surface area contributed by atoms with Gasteiger partial charge in [-0.2, -0.15) is 0 Å². The van der Waals surface area contributed by atoms with Crippen molar-refractivity contribution in [1.29, 1.82) is 0 Å². The van der Waals surface area contributed by atoms with Crippen LogP contribution < -0.4 is 0 Å². The maximum atomic E-state index is 5.78. The zero-order valence-electron chi connectivity index (χ0n) is 9.98. The standard InChI is InChI=1S/C15H12INO/c1-10-14(9-16)17-15(18-10)13-8-4-6-11-5-2-3-7-12(11)13/h2-8H,9H2,1H3. The topological polar surface area (TPSA) is 26.0 Å². The van der Waals surface area contributed by atoms with Gasteiger partial charge in [0.25, 0.3) is 0 Å². The van der Waals surface area contributed by atoms with Crippen LogP contribution in [0.3, 0.4) is 0 Å². The Balaban J connectivity index is 2.24. The van der Waals surface area contributed by atoms with E-state index in [1.165, 1.54) is 10.8 Å². The second-order valence-electron chi connectivity index (χ2n) is 4.18. The quantitative estimate of drug-likeness (QED) is 0.493. The summed E-state index contributed by atoms with van der Waals surface area (Å²) in [6.45, 7) is 1.97. The highest BCUT2D eigenvalue weighted by Crippen LogP contribution is 2.29. The third-order valence-electron chi connectivity index (χ3n) is 3.04. The van der Waals surface area contributed by atoms with E-state index in [4.69, 9.17) is 4.42 Å². The Labute approximate surface area is 119 Å². The first-order valence-corrected chi connectivity index (χ1v) is 7.32. The van der Waals surface area contributed by atoms with Gasteiger partial charge in [0.2, 0.25) is 5.89 Å². The lowest BCUT2D eigenvalue weighted by molar-refractivity contribution is 0.541. The van der Waals surface area contributed by atoms with Crippen molar-refractivity contribution in [2.24, 2.45) is 0 Å². The summed E-state index contributed by atoms with van der Waals surface area (Å²) >= 11 is 2.31. The molecule has 0 aliphatic carbocycles. The zero-order chi connectivity index (χ0) is 12.5. The molecule has 3 heteroatoms. The van der Waals surface area contributed by atoms with Crippen LogP contribution in [0.4, 0.5) is 0 Å². The largest absolute Gasteiger partial charge is 0.441 e. The van der Waals surface area contributed by atoms with Gasteiger partial charge in [0.05, 0.1) is 5.69 Å². The molecule has 0 atom stereocenters. The van der Waals surface area contributed by atoms with Crippen LogP contribution in [0.1, 0.15) is 11.5 Å². The van der Waals surface area contributed by atoms with Crippen LogP contribution in [0.25, 0.3) is 22.2 Å². The van der Waals surface area contributed by atoms with Crippen LogP contribution in [-0.4, -0.2) is 4.98 Å². The number of aromatic nitrogens is 1. The molecule has 0 fully saturated rings. The molecule has 0 amide bonds. The second-order valence-corrected chi connectivity index (χ2v) is 4.95. The van der Waals surface area contributed by atoms with Gasteiger partial charge >= 0.3 is 0 Å². The molecule has 0 N–H and O–H groups in total. The SMILES string of the molecule is Cc1oc(-c2cccc3ccccc23)nc1CI. The Morgan fingerprint density at radius 2 is 1.89 bits per heavy atom. The number of benzene rings is 2. The third kappa shape index (κ3) is 1.92. The Morgan fingerprint density at radius 3 is 2.67 bits per heavy atom. The second kappa shape index (κ2) is 4.72. The van der Waals surface area contributed by atoms with Crippen molar-refractivity contribution in [3.63, 3.8) is 0 Å². The third-order valence-corrected chi connectivity index (χ3v) is 3.76. The summed E-state index contributed by atoms with van der Waals surface area (Å²) in [6.07, 6.45) is 0. The van der Waals surface area contributed by atoms with Gasteiger partial charge in [0, 0.05) is 9.99 Å². The van der Waals surface area contributed by atoms with Crippen LogP contribution in [0.5, 0.6) is 0 Å². The van der Waals surface area contributed by atoms with Crippen molar-refractivity contribution in [3.05, 3.63) is 53.9 Å². The Kier molecular flexibility index (Phi) is 3.07. The molecule has 0 aliphatic rings. The molecule has 90 valence electrons. The molecular weight excluding hydrogens is 337 g/mol. The average molecular weight is 349 g/mol. The van der Waals surface area contributed by atoms with E-state index in [1.54, 1.807) is 0 Å². The molecule has 2 nitrogen and oxygen atoms in total. The van der Waals surface area contributed by atoms with Crippen molar-refractivity contribution in [3.8, 4) is 11.5 Å². The maximum absolute atomic E-state index is 5.78. The lowest BCUT2D eigenvalue weighted by Gasteiger charge is -2.02. The number of nitrogens with zero attached hydrogens (tertiary/aromatic N) is 1. The Hall–Kier alpha value is -1.36. The highest BCUT2D eigenvalue weighted by Gasteiger charge is 2.12. The number of aryl methyl sites for hydroxylation is 1. The summed E-state index contributed by atoms with van der Waals surface area (Å²) in [4.78, 5) is 4.57. The van der Waals surface area contributed by atoms with Gasteiger partial charge in [-0.1, -0.05) is 59.0 Å². The molecule has 3 rings (SSSR count). The fraction of sp³-hybridized carbons (Fsp3) is 0.133. The molecule has 1 heterocycles. The van der Waals surface area contributed by atoms with Crippen molar-refractivity contribution >= 4 is 33.4 Å². The van der Waals surface area contributed by atoms with E-state index < -0.39 is 0 Å². The predicted octanol–water partition coefficient (Wildman–Crippen LogP) is 4.74. The van der Waals surface area contributed by atoms with Gasteiger partial charge in [0.1, 0.15) is 5.76 Å². The molecule has 0 radical (unpaired) electrons. The lowest BCUT2D eigenvalue weighted by atomic mass is 10.0. The summed E-state index contributed by atoms with van der Waals surface area (Å²) in [5, 5.41) is 2.39. The predicted molar refractivity (Wildman–Crippen MR) is 81.9 cm³/mol. The zero-order valence-corrected chi connectivity index (χ0v) is 12.1. The van der Waals surface area contributed by atoms with Crippen molar-refractivity contribution in [1.82, 2.24) is 4.98 Å². The van der Waals surface area contributed by atoms with Crippen LogP contribution >= 0.6 is 22.6 Å². The first-order chi connectivity index (χ1) is 8.79. The van der Waals surface area contributed by atoms with Gasteiger partial charge < -0.3 is 4.42 Å². The monoisotopic (exact) mass is 349 g/mol. The average Bonchev–Trinajstić information content (AvgIpc) is 2.79. The Bertz CT molecular complexity index is 697. The van der Waals surface area contributed by atoms with Gasteiger partial charge in [-0.05, 0) is 23.8 Å². The van der Waals surface area contributed by atoms with E-state index in [2.05, 4.69) is 51.8 Å². The first-order valence-electron chi connectivity index (χ1n) is 5.80. The van der Waals surface area contributed by atoms with E-state index >= 15 is 0 Å². The minimum atomic E-state index is 0.718. The molecule has 0 unspecified atom stereocenters. The molecule has 0 spiro atoms. The molecular formula is C15H12INO. The number of fused-ring (bicyclic) bond motifs is 1. The number of hydrogen-bond donors (Lipinski definition) is 0. The Morgan fingerprint density at radius 1 is 1.11 bits per heavy atom. The minimum Gasteiger partial charge on any atom is -0.441 e. The number of hydrogen-bond acceptors (Lipinski definition) is 2. The molecule has 0 saturated carbocycles. The molecule has 0 saturated heterocycles. The first kappa shape index (κ1) is 11.7. The fourth-order valence-electron chi connectivity index (χ4n) is 2.08. The molecule has 3 aromatic rings. The van der Waals surface area contributed by atoms with Crippen LogP contribution in [0, 0.1) is 6.92 Å². The molecule has 0 aliphatic heterocycles. The minimum absolute atomic E-state index is 0.718. The van der Waals surface area contributed by atoms with Gasteiger partial charge in [-0.3, -0.25) is 0 Å². The highest BCUT2D eigenvalue weighted by molar-refractivity contribution is 14.1. The van der Waals surface area contributed by atoms with E-state index in [0.717, 1.165) is 27.3 Å². The molecule has 0 bridgehead atoms. The van der Waals surface area contributed by atoms with E-state index in [9.17, 15) is 0 Å². The number of oxazole rings is 1. The van der Waals surface area contributed by atoms with E-state index in [-0.39, 0.29) is 0 Å². The lowest BCUT2D eigenvalue weighted by Crippen LogP contribution is -1.82. The van der Waals surface area contributed by atoms with Crippen molar-refractivity contribution < 1.29 is 4.42 Å². The molecule has 2 aromatic carbocycles. The maximum Gasteiger partial charge on any atom is 0.227 e. The summed E-state index contributed by atoms with van der Waals surface area (Å²) in [7, 11) is 0. The van der Waals surface area contributed by atoms with Crippen molar-refractivity contribution in [2.75, 3.05) is 0 Å². The molecule has 1 aromatic heterocycles. The summed E-state index contributed by atoms with van der Waals surface area (Å²) < 4.78 is 6.66. The fourth-order valence-corrected chi connectivity index (χ4v) is 2.79. The van der Waals surface area contributed by atoms with Crippen LogP contribution in [0.15, 0.2) is 46.9 Å². The van der Waals surface area contributed by atoms with Gasteiger partial charge in [-0.25, -0.2) is 4.98 Å². The number of halogens is 1. The molecule has 18 heavy (non-hydrogen) atoms. The van der Waals surface area contributed by atoms with Crippen molar-refractivity contribution in [2.45, 2.75) is 11.4 Å². The van der Waals surface area contributed by atoms with Gasteiger partial charge in [0.15, 0.2) is 0 Å². The number of rotatable bonds is 2. The highest BCUT2D eigenvalue weighted by atomic mass is 127. The number of alkyl halides is 1. The summed E-state index contributed by atoms with van der Waals surface area (Å²) in [5.41, 5.74) is 2.09. The summed E-state index contributed by atoms with van der Waals surface area (Å²) in [5.74, 6) is 1.63. The normalized spacial score (nSPS) is 11.0. The van der Waals surface area contributed by atoms with E-state index in [0.29, 0.717) is 0 Å². The van der Waals surface area contributed by atoms with Gasteiger partial charge in [-0.15, -0.1) is 0 Å². The summed E-state index contributed by atoms with van der Waals surface area (Å²) in [6, 6.07) is 14.5. The van der Waals surface area contributed by atoms with E-state index in [1.807, 2.05) is 25.1 Å².